The lowest BCUT2D eigenvalue weighted by atomic mass is 9.97. The molecule has 72 valence electrons. The van der Waals surface area contributed by atoms with Crippen LogP contribution in [0.15, 0.2) is 30.3 Å². The summed E-state index contributed by atoms with van der Waals surface area (Å²) >= 11 is 0. The third kappa shape index (κ3) is 0.875. The minimum Gasteiger partial charge on any atom is -0.299 e. The van der Waals surface area contributed by atoms with Crippen molar-refractivity contribution in [1.29, 1.82) is 0 Å². The maximum absolute atomic E-state index is 11.6. The molecule has 1 aromatic rings. The fourth-order valence-corrected chi connectivity index (χ4v) is 3.21. The lowest BCUT2D eigenvalue weighted by Gasteiger charge is -2.07. The Morgan fingerprint density at radius 2 is 1.93 bits per heavy atom. The predicted octanol–water partition coefficient (Wildman–Crippen LogP) is 2.77. The van der Waals surface area contributed by atoms with Crippen LogP contribution < -0.4 is 0 Å². The molecule has 2 aliphatic carbocycles. The van der Waals surface area contributed by atoms with Gasteiger partial charge in [0.25, 0.3) is 0 Å². The van der Waals surface area contributed by atoms with E-state index >= 15 is 0 Å². The Balaban J connectivity index is 1.95. The van der Waals surface area contributed by atoms with Crippen LogP contribution in [0.3, 0.4) is 0 Å². The third-order valence-corrected chi connectivity index (χ3v) is 4.06. The highest BCUT2D eigenvalue weighted by molar-refractivity contribution is 5.89. The van der Waals surface area contributed by atoms with Gasteiger partial charge >= 0.3 is 0 Å². The molecule has 0 bridgehead atoms. The summed E-state index contributed by atoms with van der Waals surface area (Å²) in [5, 5.41) is 0. The largest absolute Gasteiger partial charge is 0.299 e. The zero-order valence-electron chi connectivity index (χ0n) is 8.36. The van der Waals surface area contributed by atoms with Gasteiger partial charge < -0.3 is 0 Å². The number of benzene rings is 1. The fraction of sp³-hybridized carbons (Fsp3) is 0.462. The minimum absolute atomic E-state index is 0.304. The van der Waals surface area contributed by atoms with Crippen molar-refractivity contribution in [3.05, 3.63) is 35.9 Å². The summed E-state index contributed by atoms with van der Waals surface area (Å²) in [6.45, 7) is 2.26. The Bertz CT molecular complexity index is 381. The van der Waals surface area contributed by atoms with Crippen molar-refractivity contribution in [3.8, 4) is 0 Å². The van der Waals surface area contributed by atoms with Gasteiger partial charge in [0.1, 0.15) is 5.78 Å². The number of Topliss-reactive ketones (excluding diaryl/α,β-unsaturated/α-hetero) is 1. The number of fused-ring (bicyclic) bond motifs is 1. The van der Waals surface area contributed by atoms with Gasteiger partial charge in [-0.2, -0.15) is 0 Å². The van der Waals surface area contributed by atoms with Crippen molar-refractivity contribution >= 4 is 5.78 Å². The molecule has 0 aromatic heterocycles. The summed E-state index contributed by atoms with van der Waals surface area (Å²) in [7, 11) is 0. The van der Waals surface area contributed by atoms with E-state index < -0.39 is 0 Å². The molecule has 3 unspecified atom stereocenters. The summed E-state index contributed by atoms with van der Waals surface area (Å²) < 4.78 is 0. The molecule has 1 aromatic carbocycles. The molecule has 0 spiro atoms. The average Bonchev–Trinajstić information content (AvgIpc) is 2.73. The highest BCUT2D eigenvalue weighted by Crippen LogP contribution is 2.71. The van der Waals surface area contributed by atoms with E-state index in [1.54, 1.807) is 0 Å². The van der Waals surface area contributed by atoms with E-state index in [0.29, 0.717) is 23.0 Å². The summed E-state index contributed by atoms with van der Waals surface area (Å²) in [6, 6.07) is 10.5. The van der Waals surface area contributed by atoms with E-state index in [2.05, 4.69) is 31.2 Å². The van der Waals surface area contributed by atoms with Crippen molar-refractivity contribution in [2.45, 2.75) is 25.7 Å². The lowest BCUT2D eigenvalue weighted by molar-refractivity contribution is -0.119. The molecule has 0 N–H and O–H groups in total. The minimum atomic E-state index is 0.304. The topological polar surface area (TPSA) is 17.1 Å². The van der Waals surface area contributed by atoms with Gasteiger partial charge in [0.05, 0.1) is 0 Å². The first-order valence-corrected chi connectivity index (χ1v) is 5.31. The van der Waals surface area contributed by atoms with Crippen LogP contribution in [0.4, 0.5) is 0 Å². The van der Waals surface area contributed by atoms with Crippen LogP contribution in [0.2, 0.25) is 0 Å². The van der Waals surface area contributed by atoms with Crippen LogP contribution in [-0.4, -0.2) is 5.78 Å². The average molecular weight is 186 g/mol. The SMILES string of the molecule is CC12CCC(=O)C1C2c1ccccc1. The zero-order valence-corrected chi connectivity index (χ0v) is 8.36. The normalized spacial score (nSPS) is 39.6. The zero-order chi connectivity index (χ0) is 9.76. The molecule has 0 aliphatic heterocycles. The van der Waals surface area contributed by atoms with Crippen molar-refractivity contribution in [3.63, 3.8) is 0 Å². The van der Waals surface area contributed by atoms with Gasteiger partial charge in [0.15, 0.2) is 0 Å². The predicted molar refractivity (Wildman–Crippen MR) is 55.0 cm³/mol. The van der Waals surface area contributed by atoms with E-state index in [9.17, 15) is 4.79 Å². The quantitative estimate of drug-likeness (QED) is 0.659. The summed E-state index contributed by atoms with van der Waals surface area (Å²) in [6.07, 6.45) is 1.90. The smallest absolute Gasteiger partial charge is 0.137 e. The second-order valence-electron chi connectivity index (χ2n) is 4.84. The van der Waals surface area contributed by atoms with E-state index in [0.717, 1.165) is 12.8 Å². The number of hydrogen-bond donors (Lipinski definition) is 0. The summed E-state index contributed by atoms with van der Waals surface area (Å²) in [5.41, 5.74) is 1.66. The van der Waals surface area contributed by atoms with Crippen LogP contribution in [0.5, 0.6) is 0 Å². The van der Waals surface area contributed by atoms with E-state index in [1.165, 1.54) is 5.56 Å². The van der Waals surface area contributed by atoms with Gasteiger partial charge in [-0.15, -0.1) is 0 Å². The van der Waals surface area contributed by atoms with Crippen molar-refractivity contribution in [2.24, 2.45) is 11.3 Å². The Kier molecular flexibility index (Phi) is 1.45. The van der Waals surface area contributed by atoms with Crippen LogP contribution >= 0.6 is 0 Å². The van der Waals surface area contributed by atoms with Crippen LogP contribution in [0.1, 0.15) is 31.2 Å². The Labute approximate surface area is 84.1 Å². The van der Waals surface area contributed by atoms with Crippen molar-refractivity contribution in [2.75, 3.05) is 0 Å². The molecular weight excluding hydrogens is 172 g/mol. The molecule has 2 saturated carbocycles. The number of ketones is 1. The third-order valence-electron chi connectivity index (χ3n) is 4.06. The van der Waals surface area contributed by atoms with Gasteiger partial charge in [0, 0.05) is 18.3 Å². The maximum atomic E-state index is 11.6. The first-order chi connectivity index (χ1) is 6.73. The molecular formula is C13H14O. The van der Waals surface area contributed by atoms with E-state index in [-0.39, 0.29) is 0 Å². The second kappa shape index (κ2) is 2.47. The lowest BCUT2D eigenvalue weighted by Crippen LogP contribution is -1.99. The molecule has 1 nitrogen and oxygen atoms in total. The fourth-order valence-electron chi connectivity index (χ4n) is 3.21. The molecule has 3 rings (SSSR count). The van der Waals surface area contributed by atoms with Gasteiger partial charge in [0.2, 0.25) is 0 Å². The van der Waals surface area contributed by atoms with Crippen molar-refractivity contribution in [1.82, 2.24) is 0 Å². The number of rotatable bonds is 1. The van der Waals surface area contributed by atoms with E-state index in [1.807, 2.05) is 6.07 Å². The molecule has 3 atom stereocenters. The van der Waals surface area contributed by atoms with Crippen LogP contribution in [-0.2, 0) is 4.79 Å². The second-order valence-corrected chi connectivity index (χ2v) is 4.84. The number of carbonyl (C=O) groups excluding carboxylic acids is 1. The molecule has 0 heterocycles. The van der Waals surface area contributed by atoms with Gasteiger partial charge in [-0.25, -0.2) is 0 Å². The molecule has 0 radical (unpaired) electrons. The van der Waals surface area contributed by atoms with Crippen molar-refractivity contribution < 1.29 is 4.79 Å². The summed E-state index contributed by atoms with van der Waals surface area (Å²) in [5.74, 6) is 1.34. The van der Waals surface area contributed by atoms with Gasteiger partial charge in [-0.05, 0) is 17.4 Å². The first-order valence-electron chi connectivity index (χ1n) is 5.31. The number of carbonyl (C=O) groups is 1. The monoisotopic (exact) mass is 186 g/mol. The summed E-state index contributed by atoms with van der Waals surface area (Å²) in [4.78, 5) is 11.6. The molecule has 0 amide bonds. The molecule has 1 heteroatoms. The Morgan fingerprint density at radius 1 is 1.21 bits per heavy atom. The molecule has 0 saturated heterocycles. The number of hydrogen-bond acceptors (Lipinski definition) is 1. The molecule has 2 fully saturated rings. The maximum Gasteiger partial charge on any atom is 0.137 e. The van der Waals surface area contributed by atoms with E-state index in [4.69, 9.17) is 0 Å². The molecule has 2 aliphatic rings. The van der Waals surface area contributed by atoms with Crippen LogP contribution in [0.25, 0.3) is 0 Å². The Hall–Kier alpha value is -1.11. The highest BCUT2D eigenvalue weighted by atomic mass is 16.1. The Morgan fingerprint density at radius 3 is 2.50 bits per heavy atom. The molecule has 14 heavy (non-hydrogen) atoms. The van der Waals surface area contributed by atoms with Gasteiger partial charge in [-0.1, -0.05) is 37.3 Å². The highest BCUT2D eigenvalue weighted by Gasteiger charge is 2.67. The van der Waals surface area contributed by atoms with Crippen LogP contribution in [0, 0.1) is 11.3 Å². The first kappa shape index (κ1) is 8.22. The standard InChI is InChI=1S/C13H14O/c1-13-8-7-10(14)12(13)11(13)9-5-3-2-4-6-9/h2-6,11-12H,7-8H2,1H3. The van der Waals surface area contributed by atoms with Gasteiger partial charge in [-0.3, -0.25) is 4.79 Å².